The summed E-state index contributed by atoms with van der Waals surface area (Å²) < 4.78 is 50.7. The van der Waals surface area contributed by atoms with Crippen LogP contribution in [-0.4, -0.2) is 58.6 Å². The van der Waals surface area contributed by atoms with Gasteiger partial charge < -0.3 is 14.8 Å². The number of amides is 1. The van der Waals surface area contributed by atoms with Gasteiger partial charge in [-0.1, -0.05) is 29.5 Å². The number of aromatic nitrogens is 3. The third kappa shape index (κ3) is 6.26. The van der Waals surface area contributed by atoms with Crippen LogP contribution in [-0.2, 0) is 28.8 Å². The fourth-order valence-electron chi connectivity index (χ4n) is 4.34. The second-order valence-electron chi connectivity index (χ2n) is 8.68. The van der Waals surface area contributed by atoms with Gasteiger partial charge in [-0.2, -0.15) is 13.2 Å². The van der Waals surface area contributed by atoms with Crippen LogP contribution >= 0.6 is 0 Å². The highest BCUT2D eigenvalue weighted by Gasteiger charge is 2.38. The number of ether oxygens (including phenoxy) is 2. The molecule has 9 nitrogen and oxygen atoms in total. The van der Waals surface area contributed by atoms with Gasteiger partial charge in [-0.15, -0.1) is 5.10 Å². The number of alkyl halides is 3. The quantitative estimate of drug-likeness (QED) is 0.458. The first kappa shape index (κ1) is 26.1. The molecule has 1 aliphatic heterocycles. The molecule has 1 aliphatic rings. The Morgan fingerprint density at radius 3 is 2.59 bits per heavy atom. The lowest BCUT2D eigenvalue weighted by atomic mass is 10.1. The molecular formula is C25H26F3N5O4. The van der Waals surface area contributed by atoms with E-state index >= 15 is 0 Å². The number of hydrogen-bond donors (Lipinski definition) is 1. The van der Waals surface area contributed by atoms with Gasteiger partial charge in [0.2, 0.25) is 5.91 Å². The lowest BCUT2D eigenvalue weighted by Crippen LogP contribution is -2.42. The Morgan fingerprint density at radius 1 is 1.11 bits per heavy atom. The van der Waals surface area contributed by atoms with Gasteiger partial charge in [-0.05, 0) is 41.8 Å². The van der Waals surface area contributed by atoms with E-state index in [0.717, 1.165) is 17.7 Å². The molecule has 1 N–H and O–H groups in total. The van der Waals surface area contributed by atoms with Crippen molar-refractivity contribution in [2.75, 3.05) is 20.8 Å². The van der Waals surface area contributed by atoms with Crippen molar-refractivity contribution in [2.24, 2.45) is 0 Å². The molecule has 4 rings (SSSR count). The average molecular weight is 518 g/mol. The van der Waals surface area contributed by atoms with E-state index in [9.17, 15) is 22.8 Å². The minimum atomic E-state index is -4.47. The summed E-state index contributed by atoms with van der Waals surface area (Å²) in [4.78, 5) is 27.0. The van der Waals surface area contributed by atoms with Crippen LogP contribution in [0.5, 0.6) is 5.75 Å². The fraction of sp³-hybridized carbons (Fsp3) is 0.360. The summed E-state index contributed by atoms with van der Waals surface area (Å²) in [5, 5.41) is 10.7. The van der Waals surface area contributed by atoms with Gasteiger partial charge in [-0.3, -0.25) is 9.69 Å². The van der Waals surface area contributed by atoms with Gasteiger partial charge >= 0.3 is 12.1 Å². The van der Waals surface area contributed by atoms with Crippen LogP contribution in [0.15, 0.2) is 54.7 Å². The van der Waals surface area contributed by atoms with E-state index in [-0.39, 0.29) is 24.2 Å². The van der Waals surface area contributed by atoms with Crippen LogP contribution in [0, 0.1) is 0 Å². The van der Waals surface area contributed by atoms with Crippen molar-refractivity contribution in [1.82, 2.24) is 25.2 Å². The number of esters is 1. The molecule has 1 fully saturated rings. The van der Waals surface area contributed by atoms with E-state index < -0.39 is 23.8 Å². The largest absolute Gasteiger partial charge is 0.497 e. The molecule has 2 atom stereocenters. The second kappa shape index (κ2) is 11.0. The minimum Gasteiger partial charge on any atom is -0.497 e. The van der Waals surface area contributed by atoms with Crippen LogP contribution in [0.1, 0.15) is 39.6 Å². The average Bonchev–Trinajstić information content (AvgIpc) is 3.54. The summed E-state index contributed by atoms with van der Waals surface area (Å²) in [6.07, 6.45) is -2.63. The smallest absolute Gasteiger partial charge is 0.416 e. The first-order valence-electron chi connectivity index (χ1n) is 11.5. The first-order chi connectivity index (χ1) is 17.7. The number of nitrogens with one attached hydrogen (secondary N) is 1. The Morgan fingerprint density at radius 2 is 1.86 bits per heavy atom. The van der Waals surface area contributed by atoms with E-state index in [0.29, 0.717) is 30.8 Å². The lowest BCUT2D eigenvalue weighted by molar-refractivity contribution is -0.137. The van der Waals surface area contributed by atoms with Gasteiger partial charge in [0.15, 0.2) is 5.69 Å². The van der Waals surface area contributed by atoms with Crippen LogP contribution < -0.4 is 10.1 Å². The van der Waals surface area contributed by atoms with Crippen molar-refractivity contribution >= 4 is 11.9 Å². The Kier molecular flexibility index (Phi) is 7.77. The number of methoxy groups -OCH3 is 2. The van der Waals surface area contributed by atoms with E-state index in [1.54, 1.807) is 7.11 Å². The topological polar surface area (TPSA) is 98.6 Å². The highest BCUT2D eigenvalue weighted by Crippen LogP contribution is 2.31. The van der Waals surface area contributed by atoms with Crippen LogP contribution in [0.2, 0.25) is 0 Å². The number of carbonyl (C=O) groups is 2. The van der Waals surface area contributed by atoms with Gasteiger partial charge in [0, 0.05) is 19.6 Å². The number of benzene rings is 2. The van der Waals surface area contributed by atoms with E-state index in [1.807, 2.05) is 29.2 Å². The van der Waals surface area contributed by atoms with E-state index in [1.165, 1.54) is 30.1 Å². The van der Waals surface area contributed by atoms with Crippen molar-refractivity contribution in [1.29, 1.82) is 0 Å². The summed E-state index contributed by atoms with van der Waals surface area (Å²) in [6.45, 7) is 0.809. The van der Waals surface area contributed by atoms with E-state index in [2.05, 4.69) is 20.4 Å². The highest BCUT2D eigenvalue weighted by molar-refractivity contribution is 5.86. The third-order valence-corrected chi connectivity index (χ3v) is 6.20. The molecule has 1 aromatic heterocycles. The molecule has 0 aliphatic carbocycles. The number of hydrogen-bond acceptors (Lipinski definition) is 7. The van der Waals surface area contributed by atoms with Gasteiger partial charge in [0.1, 0.15) is 5.75 Å². The molecule has 3 aromatic rings. The number of likely N-dealkylation sites (tertiary alicyclic amines) is 1. The summed E-state index contributed by atoms with van der Waals surface area (Å²) in [5.41, 5.74) is 0.548. The standard InChI is InChI=1S/C25H26F3N5O4/c1-36-20-8-4-6-17(10-20)13-32-14-19(33-15-21(30-31-33)24(35)37-2)11-22(32)23(34)29-12-16-5-3-7-18(9-16)25(26,27)28/h3-10,15,19,22H,11-14H2,1-2H3,(H,29,34)/t19-,22+/m1/s1. The van der Waals surface area contributed by atoms with Crippen LogP contribution in [0.25, 0.3) is 0 Å². The highest BCUT2D eigenvalue weighted by atomic mass is 19.4. The Labute approximate surface area is 211 Å². The molecule has 1 saturated heterocycles. The molecule has 196 valence electrons. The maximum Gasteiger partial charge on any atom is 0.416 e. The summed E-state index contributed by atoms with van der Waals surface area (Å²) in [5.74, 6) is -0.262. The molecule has 0 radical (unpaired) electrons. The van der Waals surface area contributed by atoms with Crippen molar-refractivity contribution in [2.45, 2.75) is 37.8 Å². The van der Waals surface area contributed by atoms with Crippen LogP contribution in [0.3, 0.4) is 0 Å². The Bertz CT molecular complexity index is 1260. The maximum atomic E-state index is 13.2. The number of rotatable bonds is 8. The normalized spacial score (nSPS) is 18.0. The number of carbonyl (C=O) groups excluding carboxylic acids is 2. The van der Waals surface area contributed by atoms with Crippen molar-refractivity contribution in [3.05, 3.63) is 77.1 Å². The molecule has 0 unspecified atom stereocenters. The van der Waals surface area contributed by atoms with E-state index in [4.69, 9.17) is 4.74 Å². The first-order valence-corrected chi connectivity index (χ1v) is 11.5. The Balaban J connectivity index is 1.51. The summed E-state index contributed by atoms with van der Waals surface area (Å²) >= 11 is 0. The molecule has 1 amide bonds. The molecule has 0 saturated carbocycles. The van der Waals surface area contributed by atoms with Crippen LogP contribution in [0.4, 0.5) is 13.2 Å². The zero-order valence-electron chi connectivity index (χ0n) is 20.2. The van der Waals surface area contributed by atoms with Crippen molar-refractivity contribution < 1.29 is 32.2 Å². The Hall–Kier alpha value is -3.93. The number of halogens is 3. The van der Waals surface area contributed by atoms with Crippen molar-refractivity contribution in [3.8, 4) is 5.75 Å². The van der Waals surface area contributed by atoms with Gasteiger partial charge in [-0.25, -0.2) is 9.48 Å². The molecule has 0 bridgehead atoms. The maximum absolute atomic E-state index is 13.2. The molecular weight excluding hydrogens is 491 g/mol. The second-order valence-corrected chi connectivity index (χ2v) is 8.68. The zero-order valence-corrected chi connectivity index (χ0v) is 20.2. The molecule has 0 spiro atoms. The van der Waals surface area contributed by atoms with Gasteiger partial charge in [0.25, 0.3) is 0 Å². The molecule has 2 heterocycles. The van der Waals surface area contributed by atoms with Crippen molar-refractivity contribution in [3.63, 3.8) is 0 Å². The predicted molar refractivity (Wildman–Crippen MR) is 125 cm³/mol. The lowest BCUT2D eigenvalue weighted by Gasteiger charge is -2.23. The molecule has 12 heteroatoms. The molecule has 2 aromatic carbocycles. The summed E-state index contributed by atoms with van der Waals surface area (Å²) in [6, 6.07) is 11.5. The third-order valence-electron chi connectivity index (χ3n) is 6.20. The van der Waals surface area contributed by atoms with Gasteiger partial charge in [0.05, 0.1) is 38.1 Å². The SMILES string of the molecule is COC(=O)c1cn([C@@H]2C[C@@H](C(=O)NCc3cccc(C(F)(F)F)c3)N(Cc3cccc(OC)c3)C2)nn1. The molecule has 37 heavy (non-hydrogen) atoms. The predicted octanol–water partition coefficient (Wildman–Crippen LogP) is 3.22. The summed E-state index contributed by atoms with van der Waals surface area (Å²) in [7, 11) is 2.82. The minimum absolute atomic E-state index is 0.0489. The number of nitrogens with zero attached hydrogens (tertiary/aromatic N) is 4. The fourth-order valence-corrected chi connectivity index (χ4v) is 4.34. The monoisotopic (exact) mass is 517 g/mol. The zero-order chi connectivity index (χ0) is 26.6.